The molecular formula is C15H23N3O2. The van der Waals surface area contributed by atoms with E-state index in [1.807, 2.05) is 11.0 Å². The smallest absolute Gasteiger partial charge is 0.274 e. The molecule has 0 aromatic carbocycles. The topological polar surface area (TPSA) is 58.2 Å². The maximum atomic E-state index is 12.5. The number of piperidine rings is 1. The predicted octanol–water partition coefficient (Wildman–Crippen LogP) is 2.32. The number of ether oxygens (including phenoxy) is 1. The second-order valence-electron chi connectivity index (χ2n) is 5.87. The Kier molecular flexibility index (Phi) is 4.05. The number of carbonyl (C=O) groups excluding carboxylic acids is 1. The van der Waals surface area contributed by atoms with E-state index in [0.29, 0.717) is 18.2 Å². The zero-order valence-corrected chi connectivity index (χ0v) is 12.1. The molecule has 0 spiro atoms. The van der Waals surface area contributed by atoms with E-state index in [1.54, 1.807) is 0 Å². The molecule has 20 heavy (non-hydrogen) atoms. The van der Waals surface area contributed by atoms with Crippen molar-refractivity contribution in [1.82, 2.24) is 15.1 Å². The summed E-state index contributed by atoms with van der Waals surface area (Å²) in [6.45, 7) is 4.40. The van der Waals surface area contributed by atoms with Gasteiger partial charge in [0.05, 0.1) is 6.10 Å². The SMILES string of the molecule is CCCO[C@@H]1CCCN(C(=O)c2cc(C3CC3)[nH]n2)C1. The summed E-state index contributed by atoms with van der Waals surface area (Å²) >= 11 is 0. The van der Waals surface area contributed by atoms with Gasteiger partial charge < -0.3 is 9.64 Å². The molecule has 110 valence electrons. The fourth-order valence-corrected chi connectivity index (χ4v) is 2.75. The first kappa shape index (κ1) is 13.6. The lowest BCUT2D eigenvalue weighted by molar-refractivity contribution is 0.00192. The van der Waals surface area contributed by atoms with E-state index >= 15 is 0 Å². The number of amides is 1. The van der Waals surface area contributed by atoms with Crippen LogP contribution in [0.2, 0.25) is 0 Å². The van der Waals surface area contributed by atoms with Gasteiger partial charge >= 0.3 is 0 Å². The van der Waals surface area contributed by atoms with Crippen LogP contribution in [0.4, 0.5) is 0 Å². The Morgan fingerprint density at radius 2 is 2.35 bits per heavy atom. The molecule has 1 atom stereocenters. The number of aromatic amines is 1. The van der Waals surface area contributed by atoms with Crippen LogP contribution >= 0.6 is 0 Å². The third-order valence-corrected chi connectivity index (χ3v) is 4.06. The number of rotatable bonds is 5. The van der Waals surface area contributed by atoms with Crippen molar-refractivity contribution in [3.8, 4) is 0 Å². The number of carbonyl (C=O) groups is 1. The largest absolute Gasteiger partial charge is 0.376 e. The molecule has 1 aliphatic heterocycles. The number of hydrogen-bond acceptors (Lipinski definition) is 3. The molecule has 2 fully saturated rings. The van der Waals surface area contributed by atoms with Crippen LogP contribution in [0.15, 0.2) is 6.07 Å². The van der Waals surface area contributed by atoms with Crippen molar-refractivity contribution < 1.29 is 9.53 Å². The number of hydrogen-bond donors (Lipinski definition) is 1. The summed E-state index contributed by atoms with van der Waals surface area (Å²) in [5, 5.41) is 7.19. The molecule has 2 heterocycles. The normalized spacial score (nSPS) is 23.1. The zero-order chi connectivity index (χ0) is 13.9. The highest BCUT2D eigenvalue weighted by Crippen LogP contribution is 2.39. The fraction of sp³-hybridized carbons (Fsp3) is 0.733. The van der Waals surface area contributed by atoms with Gasteiger partial charge in [0, 0.05) is 31.3 Å². The summed E-state index contributed by atoms with van der Waals surface area (Å²) in [5.74, 6) is 0.643. The van der Waals surface area contributed by atoms with Crippen LogP contribution in [-0.2, 0) is 4.74 Å². The minimum absolute atomic E-state index is 0.0398. The highest BCUT2D eigenvalue weighted by Gasteiger charge is 2.29. The van der Waals surface area contributed by atoms with Crippen LogP contribution in [0.25, 0.3) is 0 Å². The molecule has 1 aliphatic carbocycles. The maximum absolute atomic E-state index is 12.5. The van der Waals surface area contributed by atoms with Gasteiger partial charge in [0.1, 0.15) is 5.69 Å². The van der Waals surface area contributed by atoms with Crippen molar-refractivity contribution in [3.05, 3.63) is 17.5 Å². The first-order valence-corrected chi connectivity index (χ1v) is 7.74. The van der Waals surface area contributed by atoms with Gasteiger partial charge in [-0.2, -0.15) is 5.10 Å². The van der Waals surface area contributed by atoms with Gasteiger partial charge in [0.25, 0.3) is 5.91 Å². The maximum Gasteiger partial charge on any atom is 0.274 e. The molecule has 1 aromatic rings. The second-order valence-corrected chi connectivity index (χ2v) is 5.87. The molecule has 0 radical (unpaired) electrons. The Labute approximate surface area is 119 Å². The Hall–Kier alpha value is -1.36. The lowest BCUT2D eigenvalue weighted by atomic mass is 10.1. The molecule has 3 rings (SSSR count). The van der Waals surface area contributed by atoms with E-state index in [0.717, 1.165) is 38.1 Å². The summed E-state index contributed by atoms with van der Waals surface area (Å²) in [4.78, 5) is 14.3. The highest BCUT2D eigenvalue weighted by molar-refractivity contribution is 5.92. The van der Waals surface area contributed by atoms with E-state index in [2.05, 4.69) is 17.1 Å². The Balaban J connectivity index is 1.60. The number of H-pyrrole nitrogens is 1. The molecule has 1 saturated carbocycles. The molecule has 1 saturated heterocycles. The predicted molar refractivity (Wildman–Crippen MR) is 75.7 cm³/mol. The van der Waals surface area contributed by atoms with Crippen molar-refractivity contribution in [3.63, 3.8) is 0 Å². The Morgan fingerprint density at radius 1 is 1.50 bits per heavy atom. The van der Waals surface area contributed by atoms with Crippen LogP contribution in [0.1, 0.15) is 61.1 Å². The van der Waals surface area contributed by atoms with Gasteiger partial charge in [-0.05, 0) is 38.2 Å². The summed E-state index contributed by atoms with van der Waals surface area (Å²) < 4.78 is 5.78. The average molecular weight is 277 g/mol. The molecule has 1 amide bonds. The summed E-state index contributed by atoms with van der Waals surface area (Å²) in [6, 6.07) is 1.93. The Morgan fingerprint density at radius 3 is 3.10 bits per heavy atom. The van der Waals surface area contributed by atoms with Crippen molar-refractivity contribution in [2.45, 2.75) is 51.0 Å². The lowest BCUT2D eigenvalue weighted by Crippen LogP contribution is -2.43. The summed E-state index contributed by atoms with van der Waals surface area (Å²) in [7, 11) is 0. The second kappa shape index (κ2) is 5.95. The van der Waals surface area contributed by atoms with Crippen LogP contribution in [0.5, 0.6) is 0 Å². The van der Waals surface area contributed by atoms with Crippen molar-refractivity contribution in [2.75, 3.05) is 19.7 Å². The standard InChI is InChI=1S/C15H23N3O2/c1-2-8-20-12-4-3-7-18(10-12)15(19)14-9-13(16-17-14)11-5-6-11/h9,11-12H,2-8,10H2,1H3,(H,16,17)/t12-/m1/s1. The zero-order valence-electron chi connectivity index (χ0n) is 12.1. The summed E-state index contributed by atoms with van der Waals surface area (Å²) in [6.07, 6.45) is 5.71. The van der Waals surface area contributed by atoms with E-state index in [9.17, 15) is 4.79 Å². The van der Waals surface area contributed by atoms with E-state index in [1.165, 1.54) is 12.8 Å². The number of likely N-dealkylation sites (tertiary alicyclic amines) is 1. The molecule has 0 bridgehead atoms. The van der Waals surface area contributed by atoms with E-state index < -0.39 is 0 Å². The van der Waals surface area contributed by atoms with Crippen LogP contribution < -0.4 is 0 Å². The molecule has 1 aromatic heterocycles. The summed E-state index contributed by atoms with van der Waals surface area (Å²) in [5.41, 5.74) is 1.67. The quantitative estimate of drug-likeness (QED) is 0.898. The molecular weight excluding hydrogens is 254 g/mol. The lowest BCUT2D eigenvalue weighted by Gasteiger charge is -2.32. The van der Waals surface area contributed by atoms with Crippen LogP contribution in [-0.4, -0.2) is 46.8 Å². The first-order valence-electron chi connectivity index (χ1n) is 7.74. The highest BCUT2D eigenvalue weighted by atomic mass is 16.5. The fourth-order valence-electron chi connectivity index (χ4n) is 2.75. The van der Waals surface area contributed by atoms with Crippen molar-refractivity contribution in [2.24, 2.45) is 0 Å². The first-order chi connectivity index (χ1) is 9.78. The molecule has 5 heteroatoms. The van der Waals surface area contributed by atoms with Crippen molar-refractivity contribution >= 4 is 5.91 Å². The van der Waals surface area contributed by atoms with Crippen LogP contribution in [0, 0.1) is 0 Å². The monoisotopic (exact) mass is 277 g/mol. The minimum Gasteiger partial charge on any atom is -0.376 e. The van der Waals surface area contributed by atoms with E-state index in [4.69, 9.17) is 4.74 Å². The van der Waals surface area contributed by atoms with Gasteiger partial charge in [-0.3, -0.25) is 9.89 Å². The number of nitrogens with one attached hydrogen (secondary N) is 1. The van der Waals surface area contributed by atoms with Crippen LogP contribution in [0.3, 0.4) is 0 Å². The van der Waals surface area contributed by atoms with Gasteiger partial charge in [0.15, 0.2) is 0 Å². The number of aromatic nitrogens is 2. The minimum atomic E-state index is 0.0398. The van der Waals surface area contributed by atoms with Gasteiger partial charge in [-0.25, -0.2) is 0 Å². The third-order valence-electron chi connectivity index (χ3n) is 4.06. The van der Waals surface area contributed by atoms with E-state index in [-0.39, 0.29) is 12.0 Å². The van der Waals surface area contributed by atoms with Gasteiger partial charge in [-0.15, -0.1) is 0 Å². The molecule has 2 aliphatic rings. The average Bonchev–Trinajstić information content (AvgIpc) is 3.22. The Bertz CT molecular complexity index is 467. The van der Waals surface area contributed by atoms with Gasteiger partial charge in [0.2, 0.25) is 0 Å². The number of nitrogens with zero attached hydrogens (tertiary/aromatic N) is 2. The van der Waals surface area contributed by atoms with Crippen molar-refractivity contribution in [1.29, 1.82) is 0 Å². The molecule has 5 nitrogen and oxygen atoms in total. The molecule has 1 N–H and O–H groups in total. The molecule has 0 unspecified atom stereocenters. The van der Waals surface area contributed by atoms with Gasteiger partial charge in [-0.1, -0.05) is 6.92 Å². The third kappa shape index (κ3) is 3.03.